The topological polar surface area (TPSA) is 169 Å². The van der Waals surface area contributed by atoms with E-state index in [-0.39, 0.29) is 67.6 Å². The molecule has 5 aliphatic rings. The van der Waals surface area contributed by atoms with Crippen LogP contribution in [0.4, 0.5) is 8.78 Å². The number of alkyl halides is 2. The molecule has 14 nitrogen and oxygen atoms in total. The summed E-state index contributed by atoms with van der Waals surface area (Å²) in [5, 5.41) is 2.87. The quantitative estimate of drug-likeness (QED) is 0.139. The Labute approximate surface area is 379 Å². The molecular weight excluding hydrogens is 898 g/mol. The molecule has 1 saturated carbocycles. The van der Waals surface area contributed by atoms with Gasteiger partial charge in [-0.2, -0.15) is 8.78 Å². The van der Waals surface area contributed by atoms with E-state index in [0.29, 0.717) is 82.1 Å². The number of morpholine rings is 1. The van der Waals surface area contributed by atoms with Gasteiger partial charge in [0.25, 0.3) is 5.91 Å². The van der Waals surface area contributed by atoms with Gasteiger partial charge in [0.05, 0.1) is 37.2 Å². The van der Waals surface area contributed by atoms with Crippen molar-refractivity contribution in [2.24, 2.45) is 23.2 Å². The zero-order valence-corrected chi connectivity index (χ0v) is 39.5. The molecular formula is C43H57F2N4O10PS3. The lowest BCUT2D eigenvalue weighted by Crippen LogP contribution is -2.62. The van der Waals surface area contributed by atoms with Gasteiger partial charge in [-0.3, -0.25) is 33.3 Å². The lowest BCUT2D eigenvalue weighted by atomic mass is 9.96. The van der Waals surface area contributed by atoms with Crippen molar-refractivity contribution in [1.82, 2.24) is 20.0 Å². The average molecular weight is 955 g/mol. The van der Waals surface area contributed by atoms with Crippen LogP contribution in [0.3, 0.4) is 0 Å². The molecule has 1 aromatic carbocycles. The Bertz CT molecular complexity index is 2120. The van der Waals surface area contributed by atoms with E-state index >= 15 is 8.78 Å². The molecule has 346 valence electrons. The van der Waals surface area contributed by atoms with Crippen molar-refractivity contribution >= 4 is 86.4 Å². The van der Waals surface area contributed by atoms with Crippen molar-refractivity contribution in [3.8, 4) is 0 Å². The third-order valence-corrected chi connectivity index (χ3v) is 17.6. The van der Waals surface area contributed by atoms with Gasteiger partial charge < -0.3 is 33.8 Å². The molecule has 6 atom stereocenters. The molecule has 63 heavy (non-hydrogen) atoms. The third kappa shape index (κ3) is 10.9. The van der Waals surface area contributed by atoms with Crippen LogP contribution in [-0.4, -0.2) is 131 Å². The summed E-state index contributed by atoms with van der Waals surface area (Å²) in [6, 6.07) is 3.38. The van der Waals surface area contributed by atoms with E-state index in [1.807, 2.05) is 6.92 Å². The van der Waals surface area contributed by atoms with Crippen molar-refractivity contribution in [2.75, 3.05) is 64.1 Å². The van der Waals surface area contributed by atoms with E-state index in [2.05, 4.69) is 5.32 Å². The van der Waals surface area contributed by atoms with Crippen LogP contribution in [0.1, 0.15) is 87.9 Å². The van der Waals surface area contributed by atoms with Crippen molar-refractivity contribution in [1.29, 1.82) is 0 Å². The van der Waals surface area contributed by atoms with E-state index in [1.54, 1.807) is 35.5 Å². The molecule has 1 aliphatic carbocycles. The molecule has 1 unspecified atom stereocenters. The largest absolute Gasteiger partial charge is 0.404 e. The molecule has 5 fully saturated rings. The number of likely N-dealkylation sites (tertiary alicyclic amines) is 1. The number of carbonyl (C=O) groups is 6. The molecule has 4 saturated heterocycles. The maximum absolute atomic E-state index is 16.4. The molecule has 0 bridgehead atoms. The number of hydrogen-bond acceptors (Lipinski definition) is 13. The van der Waals surface area contributed by atoms with E-state index in [0.717, 1.165) is 59.8 Å². The second-order valence-corrected chi connectivity index (χ2v) is 23.4. The first-order valence-corrected chi connectivity index (χ1v) is 26.2. The van der Waals surface area contributed by atoms with Gasteiger partial charge in [-0.15, -0.1) is 11.3 Å². The smallest absolute Gasteiger partial charge is 0.378 e. The Morgan fingerprint density at radius 2 is 1.60 bits per heavy atom. The molecule has 5 heterocycles. The summed E-state index contributed by atoms with van der Waals surface area (Å²) >= 11 is 2.84. The summed E-state index contributed by atoms with van der Waals surface area (Å²) in [6.45, 7) is 8.77. The highest BCUT2D eigenvalue weighted by Gasteiger charge is 2.56. The van der Waals surface area contributed by atoms with Crippen LogP contribution < -0.4 is 5.32 Å². The lowest BCUT2D eigenvalue weighted by molar-refractivity contribution is -0.156. The molecule has 20 heteroatoms. The maximum atomic E-state index is 16.4. The van der Waals surface area contributed by atoms with Gasteiger partial charge in [0.15, 0.2) is 10.2 Å². The van der Waals surface area contributed by atoms with Crippen molar-refractivity contribution < 1.29 is 55.9 Å². The molecule has 0 spiro atoms. The highest BCUT2D eigenvalue weighted by molar-refractivity contribution is 8.13. The average Bonchev–Trinajstić information content (AvgIpc) is 3.58. The summed E-state index contributed by atoms with van der Waals surface area (Å²) in [4.78, 5) is 84.9. The van der Waals surface area contributed by atoms with E-state index in [9.17, 15) is 33.3 Å². The van der Waals surface area contributed by atoms with E-state index in [4.69, 9.17) is 13.8 Å². The Morgan fingerprint density at radius 3 is 2.29 bits per heavy atom. The van der Waals surface area contributed by atoms with Crippen LogP contribution in [0.25, 0.3) is 10.1 Å². The lowest BCUT2D eigenvalue weighted by Gasteiger charge is -2.44. The summed E-state index contributed by atoms with van der Waals surface area (Å²) in [5.41, 5.74) is -5.49. The van der Waals surface area contributed by atoms with E-state index in [1.165, 1.54) is 12.1 Å². The second-order valence-electron chi connectivity index (χ2n) is 18.0. The molecule has 0 radical (unpaired) electrons. The Balaban J connectivity index is 1.03. The predicted octanol–water partition coefficient (Wildman–Crippen LogP) is 6.75. The first-order chi connectivity index (χ1) is 29.9. The number of thiophene rings is 1. The second kappa shape index (κ2) is 19.9. The molecule has 4 amide bonds. The highest BCUT2D eigenvalue weighted by Crippen LogP contribution is 2.67. The summed E-state index contributed by atoms with van der Waals surface area (Å²) < 4.78 is 63.4. The number of rotatable bonds is 16. The molecule has 1 aromatic heterocycles. The van der Waals surface area contributed by atoms with Gasteiger partial charge in [0, 0.05) is 65.8 Å². The minimum atomic E-state index is -5.24. The number of fused-ring (bicyclic) bond motifs is 3. The Hall–Kier alpha value is -2.93. The number of nitrogens with one attached hydrogen (secondary N) is 1. The van der Waals surface area contributed by atoms with Crippen molar-refractivity contribution in [2.45, 2.75) is 96.4 Å². The zero-order valence-electron chi connectivity index (χ0n) is 36.1. The van der Waals surface area contributed by atoms with Gasteiger partial charge in [-0.25, -0.2) is 0 Å². The van der Waals surface area contributed by atoms with Crippen LogP contribution in [0.15, 0.2) is 24.3 Å². The molecule has 7 rings (SSSR count). The van der Waals surface area contributed by atoms with Gasteiger partial charge in [-0.05, 0) is 73.9 Å². The number of benzene rings is 1. The van der Waals surface area contributed by atoms with Crippen LogP contribution in [0.2, 0.25) is 0 Å². The summed E-state index contributed by atoms with van der Waals surface area (Å²) in [7, 11) is -5.24. The number of hydrogen-bond donors (Lipinski definition) is 1. The molecule has 2 aromatic rings. The monoisotopic (exact) mass is 954 g/mol. The first kappa shape index (κ1) is 48.0. The van der Waals surface area contributed by atoms with Crippen LogP contribution in [-0.2, 0) is 48.0 Å². The minimum absolute atomic E-state index is 0.0153. The van der Waals surface area contributed by atoms with Crippen molar-refractivity contribution in [3.63, 3.8) is 0 Å². The number of halogens is 2. The fraction of sp³-hybridized carbons (Fsp3) is 0.674. The minimum Gasteiger partial charge on any atom is -0.378 e. The fourth-order valence-electron chi connectivity index (χ4n) is 8.73. The fourth-order valence-corrected chi connectivity index (χ4v) is 13.0. The number of thioether (sulfide) groups is 2. The number of ether oxygens (including phenoxy) is 1. The standard InChI is InChI=1S/C43H57F2N4O10PS3/c1-5-6-36(50)61-17-15-58-60(56,59-16-18-62-41(55)42(2,3)4)43(44,45)30-7-10-34-28(20-30)23-35(63-34)37(51)46-32-22-27-19-26(27)21-31-8-9-33(49(31)39(32)53)40(54)48-24-29(25-48)38(52)47-11-13-57-14-12-47/h7,10,20,23,26-27,29,31-33H,5-6,8-9,11-19,21-22,24-25H2,1-4H3,(H,46,51)/t26-,27+,31-,32+,33+,60?/m1/s1. The number of nitrogens with zero attached hydrogens (tertiary/aromatic N) is 3. The normalized spacial score (nSPS) is 25.1. The summed E-state index contributed by atoms with van der Waals surface area (Å²) in [6.07, 6.45) is 4.26. The highest BCUT2D eigenvalue weighted by atomic mass is 32.2. The van der Waals surface area contributed by atoms with E-state index < -0.39 is 55.4 Å². The number of amides is 4. The van der Waals surface area contributed by atoms with Crippen LogP contribution in [0.5, 0.6) is 0 Å². The van der Waals surface area contributed by atoms with Crippen LogP contribution in [0, 0.1) is 23.2 Å². The SMILES string of the molecule is CCCC(=O)SCCOP(=O)(OCCSC(=O)C(C)(C)C)C(F)(F)c1ccc2sc(C(=O)N[C@H]3C[C@@H]4C[C@@H]4C[C@H]4CC[C@@H](C(=O)N5CC(C(=O)N6CCOCC6)C5)N4C3=O)cc2c1. The van der Waals surface area contributed by atoms with Gasteiger partial charge in [0.2, 0.25) is 17.7 Å². The summed E-state index contributed by atoms with van der Waals surface area (Å²) in [5.74, 6) is -0.712. The van der Waals surface area contributed by atoms with Crippen molar-refractivity contribution in [3.05, 3.63) is 34.7 Å². The first-order valence-electron chi connectivity index (χ1n) is 21.8. The molecule has 1 N–H and O–H groups in total. The van der Waals surface area contributed by atoms with Crippen LogP contribution >= 0.6 is 42.5 Å². The Kier molecular flexibility index (Phi) is 15.2. The molecule has 4 aliphatic heterocycles. The Morgan fingerprint density at radius 1 is 0.921 bits per heavy atom. The maximum Gasteiger partial charge on any atom is 0.404 e. The number of carbonyl (C=O) groups excluding carboxylic acids is 6. The third-order valence-electron chi connectivity index (χ3n) is 12.4. The van der Waals surface area contributed by atoms with Gasteiger partial charge in [0.1, 0.15) is 12.1 Å². The van der Waals surface area contributed by atoms with Gasteiger partial charge >= 0.3 is 13.3 Å². The predicted molar refractivity (Wildman–Crippen MR) is 238 cm³/mol. The zero-order chi connectivity index (χ0) is 45.3. The van der Waals surface area contributed by atoms with Gasteiger partial charge in [-0.1, -0.05) is 57.3 Å².